The smallest absolute Gasteiger partial charge is 0.409 e. The number of amides is 1. The molecule has 0 N–H and O–H groups in total. The minimum Gasteiger partial charge on any atom is -0.450 e. The maximum atomic E-state index is 12.0. The lowest BCUT2D eigenvalue weighted by molar-refractivity contribution is 0.105. The molecule has 1 aromatic heterocycles. The van der Waals surface area contributed by atoms with Crippen LogP contribution in [0.3, 0.4) is 0 Å². The predicted molar refractivity (Wildman–Crippen MR) is 114 cm³/mol. The molecule has 2 fully saturated rings. The zero-order chi connectivity index (χ0) is 20.1. The van der Waals surface area contributed by atoms with Gasteiger partial charge in [0, 0.05) is 50.9 Å². The van der Waals surface area contributed by atoms with Gasteiger partial charge in [-0.25, -0.2) is 9.78 Å². The van der Waals surface area contributed by atoms with E-state index in [1.54, 1.807) is 4.90 Å². The van der Waals surface area contributed by atoms with Crippen LogP contribution in [0.1, 0.15) is 26.2 Å². The van der Waals surface area contributed by atoms with Gasteiger partial charge in [0.05, 0.1) is 12.3 Å². The largest absolute Gasteiger partial charge is 0.450 e. The number of piperazine rings is 1. The highest BCUT2D eigenvalue weighted by Crippen LogP contribution is 2.27. The first-order chi connectivity index (χ1) is 14.2. The zero-order valence-electron chi connectivity index (χ0n) is 17.1. The number of piperidine rings is 1. The van der Waals surface area contributed by atoms with Crippen molar-refractivity contribution in [2.75, 3.05) is 55.7 Å². The maximum absolute atomic E-state index is 12.0. The average Bonchev–Trinajstić information content (AvgIpc) is 2.80. The van der Waals surface area contributed by atoms with Crippen LogP contribution in [0.25, 0.3) is 11.3 Å². The van der Waals surface area contributed by atoms with E-state index in [-0.39, 0.29) is 6.09 Å². The number of nitrogens with zero attached hydrogens (tertiary/aromatic N) is 5. The Kier molecular flexibility index (Phi) is 6.12. The topological polar surface area (TPSA) is 61.8 Å². The SMILES string of the molecule is CCOC(=O)N1CCN(c2cc(-c3ccccc3)nc(N3CCCCC3)n2)CC1. The van der Waals surface area contributed by atoms with Crippen LogP contribution in [0, 0.1) is 0 Å². The summed E-state index contributed by atoms with van der Waals surface area (Å²) in [6, 6.07) is 12.3. The summed E-state index contributed by atoms with van der Waals surface area (Å²) in [4.78, 5) is 28.1. The van der Waals surface area contributed by atoms with Crippen molar-refractivity contribution in [1.82, 2.24) is 14.9 Å². The first-order valence-corrected chi connectivity index (χ1v) is 10.6. The number of ether oxygens (including phenoxy) is 1. The maximum Gasteiger partial charge on any atom is 0.409 e. The fraction of sp³-hybridized carbons (Fsp3) is 0.500. The number of hydrogen-bond donors (Lipinski definition) is 0. The van der Waals surface area contributed by atoms with Crippen LogP contribution >= 0.6 is 0 Å². The fourth-order valence-corrected chi connectivity index (χ4v) is 3.91. The van der Waals surface area contributed by atoms with Crippen LogP contribution in [0.4, 0.5) is 16.6 Å². The van der Waals surface area contributed by atoms with Crippen molar-refractivity contribution in [1.29, 1.82) is 0 Å². The first kappa shape index (κ1) is 19.5. The van der Waals surface area contributed by atoms with Gasteiger partial charge in [-0.1, -0.05) is 30.3 Å². The molecule has 2 aliphatic rings. The quantitative estimate of drug-likeness (QED) is 0.791. The molecular formula is C22H29N5O2. The highest BCUT2D eigenvalue weighted by molar-refractivity contribution is 5.68. The van der Waals surface area contributed by atoms with E-state index in [0.29, 0.717) is 19.7 Å². The van der Waals surface area contributed by atoms with Crippen LogP contribution in [-0.2, 0) is 4.74 Å². The Morgan fingerprint density at radius 2 is 1.66 bits per heavy atom. The Labute approximate surface area is 172 Å². The van der Waals surface area contributed by atoms with Crippen LogP contribution in [-0.4, -0.2) is 66.8 Å². The number of anilines is 2. The number of benzene rings is 1. The fourth-order valence-electron chi connectivity index (χ4n) is 3.91. The molecule has 3 heterocycles. The van der Waals surface area contributed by atoms with Gasteiger partial charge >= 0.3 is 6.09 Å². The van der Waals surface area contributed by atoms with E-state index >= 15 is 0 Å². The van der Waals surface area contributed by atoms with Crippen molar-refractivity contribution in [2.45, 2.75) is 26.2 Å². The molecular weight excluding hydrogens is 366 g/mol. The van der Waals surface area contributed by atoms with Gasteiger partial charge in [-0.15, -0.1) is 0 Å². The number of carbonyl (C=O) groups excluding carboxylic acids is 1. The van der Waals surface area contributed by atoms with Gasteiger partial charge in [0.25, 0.3) is 0 Å². The third-order valence-corrected chi connectivity index (χ3v) is 5.54. The van der Waals surface area contributed by atoms with E-state index < -0.39 is 0 Å². The van der Waals surface area contributed by atoms with Crippen LogP contribution < -0.4 is 9.80 Å². The Balaban J connectivity index is 1.58. The van der Waals surface area contributed by atoms with Crippen molar-refractivity contribution < 1.29 is 9.53 Å². The summed E-state index contributed by atoms with van der Waals surface area (Å²) in [6.07, 6.45) is 3.42. The minimum absolute atomic E-state index is 0.228. The van der Waals surface area contributed by atoms with Crippen molar-refractivity contribution in [3.63, 3.8) is 0 Å². The summed E-state index contributed by atoms with van der Waals surface area (Å²) in [5.74, 6) is 1.75. The molecule has 29 heavy (non-hydrogen) atoms. The summed E-state index contributed by atoms with van der Waals surface area (Å²) in [5.41, 5.74) is 2.04. The monoisotopic (exact) mass is 395 g/mol. The Morgan fingerprint density at radius 3 is 2.34 bits per heavy atom. The van der Waals surface area contributed by atoms with Gasteiger partial charge in [0.2, 0.25) is 5.95 Å². The molecule has 1 aromatic carbocycles. The first-order valence-electron chi connectivity index (χ1n) is 10.6. The van der Waals surface area contributed by atoms with Gasteiger partial charge in [-0.2, -0.15) is 4.98 Å². The number of rotatable bonds is 4. The molecule has 0 saturated carbocycles. The molecule has 4 rings (SSSR count). The third kappa shape index (κ3) is 4.60. The van der Waals surface area contributed by atoms with Gasteiger partial charge < -0.3 is 19.4 Å². The molecule has 0 spiro atoms. The van der Waals surface area contributed by atoms with E-state index in [9.17, 15) is 4.79 Å². The minimum atomic E-state index is -0.228. The molecule has 0 atom stereocenters. The van der Waals surface area contributed by atoms with E-state index in [2.05, 4.69) is 28.0 Å². The predicted octanol–water partition coefficient (Wildman–Crippen LogP) is 3.41. The summed E-state index contributed by atoms with van der Waals surface area (Å²) in [7, 11) is 0. The van der Waals surface area contributed by atoms with Crippen molar-refractivity contribution in [2.24, 2.45) is 0 Å². The molecule has 2 saturated heterocycles. The summed E-state index contributed by atoms with van der Waals surface area (Å²) in [6.45, 7) is 7.02. The number of carbonyl (C=O) groups is 1. The Morgan fingerprint density at radius 1 is 0.931 bits per heavy atom. The Hall–Kier alpha value is -2.83. The van der Waals surface area contributed by atoms with Gasteiger partial charge in [0.1, 0.15) is 5.82 Å². The van der Waals surface area contributed by atoms with Gasteiger partial charge in [-0.05, 0) is 26.2 Å². The summed E-state index contributed by atoms with van der Waals surface area (Å²) < 4.78 is 5.13. The molecule has 2 aromatic rings. The molecule has 7 nitrogen and oxygen atoms in total. The average molecular weight is 396 g/mol. The molecule has 1 amide bonds. The summed E-state index contributed by atoms with van der Waals surface area (Å²) >= 11 is 0. The van der Waals surface area contributed by atoms with Crippen LogP contribution in [0.5, 0.6) is 0 Å². The number of aromatic nitrogens is 2. The van der Waals surface area contributed by atoms with E-state index in [1.807, 2.05) is 25.1 Å². The molecule has 154 valence electrons. The van der Waals surface area contributed by atoms with Crippen molar-refractivity contribution in [3.05, 3.63) is 36.4 Å². The molecule has 0 bridgehead atoms. The molecule has 0 aliphatic carbocycles. The normalized spacial score (nSPS) is 17.3. The second kappa shape index (κ2) is 9.11. The van der Waals surface area contributed by atoms with Crippen LogP contribution in [0.15, 0.2) is 36.4 Å². The third-order valence-electron chi connectivity index (χ3n) is 5.54. The highest BCUT2D eigenvalue weighted by Gasteiger charge is 2.24. The molecule has 0 unspecified atom stereocenters. The van der Waals surface area contributed by atoms with E-state index in [4.69, 9.17) is 14.7 Å². The van der Waals surface area contributed by atoms with Crippen LogP contribution in [0.2, 0.25) is 0 Å². The zero-order valence-corrected chi connectivity index (χ0v) is 17.1. The lowest BCUT2D eigenvalue weighted by Crippen LogP contribution is -2.49. The summed E-state index contributed by atoms with van der Waals surface area (Å²) in [5, 5.41) is 0. The van der Waals surface area contributed by atoms with Crippen molar-refractivity contribution >= 4 is 17.9 Å². The van der Waals surface area contributed by atoms with Gasteiger partial charge in [-0.3, -0.25) is 0 Å². The molecule has 7 heteroatoms. The molecule has 2 aliphatic heterocycles. The highest BCUT2D eigenvalue weighted by atomic mass is 16.6. The second-order valence-electron chi connectivity index (χ2n) is 7.50. The van der Waals surface area contributed by atoms with Gasteiger partial charge in [0.15, 0.2) is 0 Å². The van der Waals surface area contributed by atoms with Crippen molar-refractivity contribution in [3.8, 4) is 11.3 Å². The van der Waals surface area contributed by atoms with E-state index in [0.717, 1.165) is 49.2 Å². The van der Waals surface area contributed by atoms with E-state index in [1.165, 1.54) is 19.3 Å². The Bertz CT molecular complexity index is 815. The standard InChI is InChI=1S/C22H29N5O2/c1-2-29-22(28)27-15-13-25(14-16-27)20-17-19(18-9-5-3-6-10-18)23-21(24-20)26-11-7-4-8-12-26/h3,5-6,9-10,17H,2,4,7-8,11-16H2,1H3. The lowest BCUT2D eigenvalue weighted by Gasteiger charge is -2.35. The number of hydrogen-bond acceptors (Lipinski definition) is 6. The molecule has 0 radical (unpaired) electrons. The second-order valence-corrected chi connectivity index (χ2v) is 7.50. The lowest BCUT2D eigenvalue weighted by atomic mass is 10.1.